The highest BCUT2D eigenvalue weighted by atomic mass is 16.6. The number of aliphatic hydroxyl groups excluding tert-OH is 1. The van der Waals surface area contributed by atoms with Gasteiger partial charge in [-0.1, -0.05) is 32.9 Å². The Morgan fingerprint density at radius 1 is 0.419 bits per heavy atom. The highest BCUT2D eigenvalue weighted by Gasteiger charge is 2.08. The molecule has 0 aliphatic heterocycles. The molecule has 2 aromatic carbocycles. The third kappa shape index (κ3) is 16.7. The molecular formula is C33H52O10. The van der Waals surface area contributed by atoms with E-state index in [1.165, 1.54) is 5.56 Å². The van der Waals surface area contributed by atoms with Gasteiger partial charge in [0.05, 0.1) is 66.1 Å². The summed E-state index contributed by atoms with van der Waals surface area (Å²) >= 11 is 0. The van der Waals surface area contributed by atoms with Crippen molar-refractivity contribution in [1.82, 2.24) is 0 Å². The molecule has 244 valence electrons. The molecule has 0 amide bonds. The van der Waals surface area contributed by atoms with Crippen molar-refractivity contribution < 1.29 is 47.7 Å². The lowest BCUT2D eigenvalue weighted by Crippen LogP contribution is -2.15. The summed E-state index contributed by atoms with van der Waals surface area (Å²) in [6, 6.07) is 11.8. The average Bonchev–Trinajstić information content (AvgIpc) is 3.04. The number of benzene rings is 2. The third-order valence-electron chi connectivity index (χ3n) is 6.10. The lowest BCUT2D eigenvalue weighted by Gasteiger charge is -2.14. The Balaban J connectivity index is 1.50. The van der Waals surface area contributed by atoms with Crippen molar-refractivity contribution in [2.24, 2.45) is 0 Å². The van der Waals surface area contributed by atoms with Crippen LogP contribution in [0.3, 0.4) is 0 Å². The van der Waals surface area contributed by atoms with Gasteiger partial charge in [-0.2, -0.15) is 0 Å². The van der Waals surface area contributed by atoms with Crippen LogP contribution >= 0.6 is 0 Å². The van der Waals surface area contributed by atoms with Gasteiger partial charge in [0, 0.05) is 6.61 Å². The minimum atomic E-state index is -0.0470. The van der Waals surface area contributed by atoms with Crippen LogP contribution in [0.15, 0.2) is 36.4 Å². The summed E-state index contributed by atoms with van der Waals surface area (Å²) in [6.45, 7) is 12.8. The van der Waals surface area contributed by atoms with Crippen LogP contribution in [-0.4, -0.2) is 104 Å². The molecule has 0 unspecified atom stereocenters. The average molecular weight is 609 g/mol. The van der Waals surface area contributed by atoms with E-state index in [1.807, 2.05) is 36.4 Å². The van der Waals surface area contributed by atoms with Crippen molar-refractivity contribution in [3.8, 4) is 23.0 Å². The van der Waals surface area contributed by atoms with Crippen molar-refractivity contribution in [2.75, 3.05) is 99.1 Å². The number of hydrogen-bond acceptors (Lipinski definition) is 10. The summed E-state index contributed by atoms with van der Waals surface area (Å²) in [5.41, 5.74) is 2.32. The minimum absolute atomic E-state index is 0.0470. The molecule has 43 heavy (non-hydrogen) atoms. The lowest BCUT2D eigenvalue weighted by molar-refractivity contribution is 0.00464. The zero-order chi connectivity index (χ0) is 30.8. The molecule has 10 nitrogen and oxygen atoms in total. The SMILES string of the molecule is CCCOCCOCCOc1ccc(CC)cc1OCCOCCOCCOCCOc1ccc(CC)cc1OCCO. The van der Waals surface area contributed by atoms with Gasteiger partial charge < -0.3 is 47.7 Å². The standard InChI is InChI=1S/C33H52O10/c1-4-12-35-14-15-37-20-24-42-31-10-8-29(6-3)27-33(31)43-25-22-39-19-17-36-16-18-38-21-23-41-30-9-7-28(5-2)26-32(30)40-13-11-34/h7-10,26-27,34H,4-6,11-25H2,1-3H3. The summed E-state index contributed by atoms with van der Waals surface area (Å²) in [6.07, 6.45) is 2.82. The first-order valence-corrected chi connectivity index (χ1v) is 15.5. The minimum Gasteiger partial charge on any atom is -0.487 e. The third-order valence-corrected chi connectivity index (χ3v) is 6.10. The summed E-state index contributed by atoms with van der Waals surface area (Å²) in [5, 5.41) is 9.04. The van der Waals surface area contributed by atoms with Gasteiger partial charge in [0.1, 0.15) is 26.4 Å². The largest absolute Gasteiger partial charge is 0.487 e. The molecular weight excluding hydrogens is 556 g/mol. The molecule has 1 N–H and O–H groups in total. The number of hydrogen-bond donors (Lipinski definition) is 1. The van der Waals surface area contributed by atoms with Gasteiger partial charge in [-0.15, -0.1) is 0 Å². The molecule has 0 atom stereocenters. The van der Waals surface area contributed by atoms with Crippen molar-refractivity contribution in [1.29, 1.82) is 0 Å². The number of aliphatic hydroxyl groups is 1. The first kappa shape index (κ1) is 36.6. The van der Waals surface area contributed by atoms with Crippen LogP contribution in [0.25, 0.3) is 0 Å². The fourth-order valence-corrected chi connectivity index (χ4v) is 3.80. The van der Waals surface area contributed by atoms with Crippen LogP contribution in [0.1, 0.15) is 38.3 Å². The van der Waals surface area contributed by atoms with Crippen LogP contribution in [0.4, 0.5) is 0 Å². The van der Waals surface area contributed by atoms with Gasteiger partial charge in [-0.3, -0.25) is 0 Å². The number of ether oxygens (including phenoxy) is 9. The molecule has 2 rings (SSSR count). The van der Waals surface area contributed by atoms with Crippen LogP contribution in [0, 0.1) is 0 Å². The Hall–Kier alpha value is -2.60. The first-order chi connectivity index (χ1) is 21.2. The normalized spacial score (nSPS) is 11.1. The molecule has 2 aromatic rings. The van der Waals surface area contributed by atoms with E-state index in [-0.39, 0.29) is 13.2 Å². The van der Waals surface area contributed by atoms with Gasteiger partial charge in [0.25, 0.3) is 0 Å². The van der Waals surface area contributed by atoms with Gasteiger partial charge in [-0.05, 0) is 54.7 Å². The lowest BCUT2D eigenvalue weighted by atomic mass is 10.1. The van der Waals surface area contributed by atoms with Crippen molar-refractivity contribution in [3.05, 3.63) is 47.5 Å². The van der Waals surface area contributed by atoms with Gasteiger partial charge in [-0.25, -0.2) is 0 Å². The monoisotopic (exact) mass is 608 g/mol. The van der Waals surface area contributed by atoms with Crippen molar-refractivity contribution in [3.63, 3.8) is 0 Å². The smallest absolute Gasteiger partial charge is 0.161 e. The second-order valence-electron chi connectivity index (χ2n) is 9.45. The van der Waals surface area contributed by atoms with E-state index in [0.29, 0.717) is 102 Å². The summed E-state index contributed by atoms with van der Waals surface area (Å²) in [4.78, 5) is 0. The molecule has 0 saturated heterocycles. The molecule has 0 aromatic heterocycles. The van der Waals surface area contributed by atoms with E-state index in [9.17, 15) is 0 Å². The maximum atomic E-state index is 9.04. The highest BCUT2D eigenvalue weighted by Crippen LogP contribution is 2.29. The van der Waals surface area contributed by atoms with Gasteiger partial charge in [0.15, 0.2) is 23.0 Å². The summed E-state index contributed by atoms with van der Waals surface area (Å²) < 4.78 is 51.0. The molecule has 0 spiro atoms. The molecule has 0 aliphatic rings. The Morgan fingerprint density at radius 2 is 0.767 bits per heavy atom. The summed E-state index contributed by atoms with van der Waals surface area (Å²) in [5.74, 6) is 2.68. The van der Waals surface area contributed by atoms with Gasteiger partial charge in [0.2, 0.25) is 0 Å². The molecule has 0 saturated carbocycles. The van der Waals surface area contributed by atoms with Crippen LogP contribution in [-0.2, 0) is 36.5 Å². The Labute approximate surface area is 257 Å². The maximum Gasteiger partial charge on any atom is 0.161 e. The summed E-state index contributed by atoms with van der Waals surface area (Å²) in [7, 11) is 0. The second-order valence-corrected chi connectivity index (χ2v) is 9.45. The molecule has 0 fully saturated rings. The molecule has 10 heteroatoms. The topological polar surface area (TPSA) is 103 Å². The van der Waals surface area contributed by atoms with Crippen LogP contribution in [0.5, 0.6) is 23.0 Å². The van der Waals surface area contributed by atoms with Gasteiger partial charge >= 0.3 is 0 Å². The quantitative estimate of drug-likeness (QED) is 0.139. The Bertz CT molecular complexity index is 955. The van der Waals surface area contributed by atoms with E-state index in [2.05, 4.69) is 20.8 Å². The first-order valence-electron chi connectivity index (χ1n) is 15.5. The molecule has 0 radical (unpaired) electrons. The fraction of sp³-hybridized carbons (Fsp3) is 0.636. The Morgan fingerprint density at radius 3 is 1.14 bits per heavy atom. The maximum absolute atomic E-state index is 9.04. The fourth-order valence-electron chi connectivity index (χ4n) is 3.80. The molecule has 0 heterocycles. The molecule has 0 bridgehead atoms. The second kappa shape index (κ2) is 24.8. The Kier molecular flexibility index (Phi) is 21.1. The van der Waals surface area contributed by atoms with Crippen molar-refractivity contribution in [2.45, 2.75) is 40.0 Å². The molecule has 0 aliphatic carbocycles. The van der Waals surface area contributed by atoms with E-state index in [1.54, 1.807) is 0 Å². The highest BCUT2D eigenvalue weighted by molar-refractivity contribution is 5.43. The van der Waals surface area contributed by atoms with E-state index in [0.717, 1.165) is 31.4 Å². The predicted molar refractivity (Wildman–Crippen MR) is 165 cm³/mol. The van der Waals surface area contributed by atoms with Crippen LogP contribution in [0.2, 0.25) is 0 Å². The van der Waals surface area contributed by atoms with E-state index < -0.39 is 0 Å². The van der Waals surface area contributed by atoms with E-state index in [4.69, 9.17) is 47.7 Å². The van der Waals surface area contributed by atoms with E-state index >= 15 is 0 Å². The zero-order valence-corrected chi connectivity index (χ0v) is 26.3. The predicted octanol–water partition coefficient (Wildman–Crippen LogP) is 4.51. The zero-order valence-electron chi connectivity index (χ0n) is 26.3. The number of aryl methyl sites for hydroxylation is 2. The van der Waals surface area contributed by atoms with Crippen molar-refractivity contribution >= 4 is 0 Å². The van der Waals surface area contributed by atoms with Crippen LogP contribution < -0.4 is 18.9 Å². The number of rotatable bonds is 28.